The molecule has 0 bridgehead atoms. The number of benzene rings is 1. The molecule has 1 saturated heterocycles. The van der Waals surface area contributed by atoms with Crippen LogP contribution in [-0.2, 0) is 6.42 Å². The molecule has 1 aromatic carbocycles. The lowest BCUT2D eigenvalue weighted by molar-refractivity contribution is -0.907. The van der Waals surface area contributed by atoms with E-state index in [9.17, 15) is 5.11 Å². The van der Waals surface area contributed by atoms with Crippen molar-refractivity contribution in [3.8, 4) is 5.75 Å². The minimum absolute atomic E-state index is 0.230. The monoisotopic (exact) mass is 250 g/mol. The predicted molar refractivity (Wildman–Crippen MR) is 72.1 cm³/mol. The van der Waals surface area contributed by atoms with E-state index < -0.39 is 0 Å². The van der Waals surface area contributed by atoms with E-state index in [1.807, 2.05) is 24.3 Å². The van der Waals surface area contributed by atoms with E-state index in [2.05, 4.69) is 0 Å². The van der Waals surface area contributed by atoms with Crippen molar-refractivity contribution >= 4 is 0 Å². The molecule has 2 N–H and O–H groups in total. The Balaban J connectivity index is 1.80. The first-order chi connectivity index (χ1) is 8.78. The smallest absolute Gasteiger partial charge is 0.118 e. The number of nitrogens with one attached hydrogen (secondary N) is 1. The maximum absolute atomic E-state index is 10.1. The van der Waals surface area contributed by atoms with Crippen LogP contribution in [0.1, 0.15) is 24.8 Å². The summed E-state index contributed by atoms with van der Waals surface area (Å²) in [4.78, 5) is 1.56. The Kier molecular flexibility index (Phi) is 5.02. The number of hydrogen-bond acceptors (Lipinski definition) is 2. The highest BCUT2D eigenvalue weighted by molar-refractivity contribution is 5.27. The molecule has 100 valence electrons. The molecule has 2 rings (SSSR count). The lowest BCUT2D eigenvalue weighted by atomic mass is 10.1. The van der Waals surface area contributed by atoms with Crippen LogP contribution < -0.4 is 9.64 Å². The molecule has 1 heterocycles. The van der Waals surface area contributed by atoms with Gasteiger partial charge in [0.25, 0.3) is 0 Å². The second-order valence-corrected chi connectivity index (χ2v) is 5.22. The summed E-state index contributed by atoms with van der Waals surface area (Å²) in [6, 6.07) is 7.98. The zero-order valence-electron chi connectivity index (χ0n) is 11.2. The highest BCUT2D eigenvalue weighted by atomic mass is 16.5. The predicted octanol–water partition coefficient (Wildman–Crippen LogP) is 0.667. The summed E-state index contributed by atoms with van der Waals surface area (Å²) in [7, 11) is 1.67. The van der Waals surface area contributed by atoms with Crippen molar-refractivity contribution in [2.24, 2.45) is 0 Å². The Morgan fingerprint density at radius 2 is 1.83 bits per heavy atom. The maximum Gasteiger partial charge on any atom is 0.118 e. The first-order valence-corrected chi connectivity index (χ1v) is 6.92. The summed E-state index contributed by atoms with van der Waals surface area (Å²) in [6.45, 7) is 3.32. The van der Waals surface area contributed by atoms with Crippen LogP contribution in [0.15, 0.2) is 24.3 Å². The molecule has 0 radical (unpaired) electrons. The van der Waals surface area contributed by atoms with E-state index in [-0.39, 0.29) is 6.10 Å². The number of hydrogen-bond donors (Lipinski definition) is 2. The van der Waals surface area contributed by atoms with Crippen molar-refractivity contribution in [1.82, 2.24) is 0 Å². The molecule has 0 aliphatic carbocycles. The summed E-state index contributed by atoms with van der Waals surface area (Å²) >= 11 is 0. The van der Waals surface area contributed by atoms with Crippen LogP contribution in [0.2, 0.25) is 0 Å². The van der Waals surface area contributed by atoms with E-state index in [4.69, 9.17) is 4.74 Å². The van der Waals surface area contributed by atoms with Crippen LogP contribution in [0.5, 0.6) is 5.75 Å². The maximum atomic E-state index is 10.1. The standard InChI is InChI=1S/C15H23NO2/c1-18-15-7-5-13(6-8-15)11-14(17)12-16-9-3-2-4-10-16/h5-8,14,17H,2-4,9-12H2,1H3/p+1/t14-/m0/s1. The van der Waals surface area contributed by atoms with Gasteiger partial charge in [-0.05, 0) is 37.0 Å². The lowest BCUT2D eigenvalue weighted by Gasteiger charge is -2.25. The average Bonchev–Trinajstić information content (AvgIpc) is 2.40. The second kappa shape index (κ2) is 6.76. The molecule has 0 amide bonds. The zero-order chi connectivity index (χ0) is 12.8. The third-order valence-corrected chi connectivity index (χ3v) is 3.72. The largest absolute Gasteiger partial charge is 0.497 e. The molecular weight excluding hydrogens is 226 g/mol. The van der Waals surface area contributed by atoms with Gasteiger partial charge >= 0.3 is 0 Å². The van der Waals surface area contributed by atoms with Crippen LogP contribution >= 0.6 is 0 Å². The third kappa shape index (κ3) is 4.00. The van der Waals surface area contributed by atoms with Gasteiger partial charge in [0.1, 0.15) is 18.4 Å². The quantitative estimate of drug-likeness (QED) is 0.805. The van der Waals surface area contributed by atoms with Gasteiger partial charge in [-0.1, -0.05) is 12.1 Å². The van der Waals surface area contributed by atoms with Crippen molar-refractivity contribution in [2.45, 2.75) is 31.8 Å². The molecule has 1 atom stereocenters. The molecule has 0 unspecified atom stereocenters. The Hall–Kier alpha value is -1.06. The lowest BCUT2D eigenvalue weighted by Crippen LogP contribution is -3.13. The Bertz CT molecular complexity index is 344. The van der Waals surface area contributed by atoms with Gasteiger partial charge in [-0.2, -0.15) is 0 Å². The molecular formula is C15H24NO2+. The van der Waals surface area contributed by atoms with Gasteiger partial charge in [-0.15, -0.1) is 0 Å². The summed E-state index contributed by atoms with van der Waals surface area (Å²) in [5.74, 6) is 0.870. The van der Waals surface area contributed by atoms with E-state index in [1.54, 1.807) is 12.0 Å². The number of piperidine rings is 1. The average molecular weight is 250 g/mol. The molecule has 3 heteroatoms. The molecule has 1 aliphatic heterocycles. The molecule has 0 spiro atoms. The molecule has 0 saturated carbocycles. The first-order valence-electron chi connectivity index (χ1n) is 6.92. The van der Waals surface area contributed by atoms with Crippen molar-refractivity contribution < 1.29 is 14.7 Å². The fourth-order valence-corrected chi connectivity index (χ4v) is 2.69. The highest BCUT2D eigenvalue weighted by Gasteiger charge is 2.17. The SMILES string of the molecule is COc1ccc(C[C@H](O)C[NH+]2CCCCC2)cc1. The Morgan fingerprint density at radius 3 is 2.44 bits per heavy atom. The summed E-state index contributed by atoms with van der Waals surface area (Å²) in [6.07, 6.45) is 4.49. The van der Waals surface area contributed by atoms with Gasteiger partial charge in [-0.25, -0.2) is 0 Å². The van der Waals surface area contributed by atoms with Crippen molar-refractivity contribution in [2.75, 3.05) is 26.7 Å². The van der Waals surface area contributed by atoms with Crippen LogP contribution in [0.3, 0.4) is 0 Å². The third-order valence-electron chi connectivity index (χ3n) is 3.72. The first kappa shape index (κ1) is 13.4. The topological polar surface area (TPSA) is 33.9 Å². The number of aliphatic hydroxyl groups is 1. The van der Waals surface area contributed by atoms with Crippen LogP contribution in [0.4, 0.5) is 0 Å². The number of rotatable bonds is 5. The van der Waals surface area contributed by atoms with Crippen LogP contribution in [0, 0.1) is 0 Å². The van der Waals surface area contributed by atoms with Gasteiger partial charge in [0.15, 0.2) is 0 Å². The zero-order valence-corrected chi connectivity index (χ0v) is 11.2. The molecule has 0 aromatic heterocycles. The summed E-state index contributed by atoms with van der Waals surface area (Å²) in [5.41, 5.74) is 1.18. The number of ether oxygens (including phenoxy) is 1. The normalized spacial score (nSPS) is 18.6. The Labute approximate surface area is 109 Å². The number of aliphatic hydroxyl groups excluding tert-OH is 1. The van der Waals surface area contributed by atoms with Crippen molar-refractivity contribution in [3.05, 3.63) is 29.8 Å². The summed E-state index contributed by atoms with van der Waals surface area (Å²) < 4.78 is 5.13. The van der Waals surface area contributed by atoms with Gasteiger partial charge in [0.05, 0.1) is 20.2 Å². The van der Waals surface area contributed by atoms with E-state index in [0.29, 0.717) is 0 Å². The van der Waals surface area contributed by atoms with E-state index in [1.165, 1.54) is 37.9 Å². The fourth-order valence-electron chi connectivity index (χ4n) is 2.69. The van der Waals surface area contributed by atoms with E-state index >= 15 is 0 Å². The van der Waals surface area contributed by atoms with Gasteiger partial charge in [0, 0.05) is 6.42 Å². The molecule has 1 fully saturated rings. The number of methoxy groups -OCH3 is 1. The molecule has 1 aromatic rings. The second-order valence-electron chi connectivity index (χ2n) is 5.22. The van der Waals surface area contributed by atoms with Crippen molar-refractivity contribution in [1.29, 1.82) is 0 Å². The van der Waals surface area contributed by atoms with Crippen LogP contribution in [-0.4, -0.2) is 38.0 Å². The van der Waals surface area contributed by atoms with Crippen molar-refractivity contribution in [3.63, 3.8) is 0 Å². The molecule has 3 nitrogen and oxygen atoms in total. The van der Waals surface area contributed by atoms with Crippen LogP contribution in [0.25, 0.3) is 0 Å². The molecule has 1 aliphatic rings. The minimum atomic E-state index is -0.230. The summed E-state index contributed by atoms with van der Waals surface area (Å²) in [5, 5.41) is 10.1. The fraction of sp³-hybridized carbons (Fsp3) is 0.600. The van der Waals surface area contributed by atoms with Gasteiger partial charge < -0.3 is 14.7 Å². The highest BCUT2D eigenvalue weighted by Crippen LogP contribution is 2.12. The van der Waals surface area contributed by atoms with Gasteiger partial charge in [0.2, 0.25) is 0 Å². The minimum Gasteiger partial charge on any atom is -0.497 e. The van der Waals surface area contributed by atoms with E-state index in [0.717, 1.165) is 18.7 Å². The number of likely N-dealkylation sites (tertiary alicyclic amines) is 1. The number of quaternary nitrogens is 1. The molecule has 18 heavy (non-hydrogen) atoms. The Morgan fingerprint density at radius 1 is 1.17 bits per heavy atom. The van der Waals surface area contributed by atoms with Gasteiger partial charge in [-0.3, -0.25) is 0 Å².